The molecule has 1 unspecified atom stereocenters. The zero-order valence-corrected chi connectivity index (χ0v) is 19.4. The number of fused-ring (bicyclic) bond motifs is 1. The average Bonchev–Trinajstić information content (AvgIpc) is 2.71. The van der Waals surface area contributed by atoms with Gasteiger partial charge in [0.1, 0.15) is 6.04 Å². The molecule has 1 heterocycles. The lowest BCUT2D eigenvalue weighted by molar-refractivity contribution is -0.147. The van der Waals surface area contributed by atoms with Crippen molar-refractivity contribution >= 4 is 114 Å². The van der Waals surface area contributed by atoms with Gasteiger partial charge in [0.2, 0.25) is 0 Å². The number of benzene rings is 1. The zero-order chi connectivity index (χ0) is 17.6. The Morgan fingerprint density at radius 2 is 1.26 bits per heavy atom. The topological polar surface area (TPSA) is 112 Å². The lowest BCUT2D eigenvalue weighted by Crippen LogP contribution is -2.46. The molecule has 1 aliphatic rings. The summed E-state index contributed by atoms with van der Waals surface area (Å²) >= 11 is 7.97. The van der Waals surface area contributed by atoms with Crippen molar-refractivity contribution in [2.75, 3.05) is 0 Å². The van der Waals surface area contributed by atoms with Crippen LogP contribution < -0.4 is 0 Å². The number of imide groups is 1. The van der Waals surface area contributed by atoms with Crippen molar-refractivity contribution < 1.29 is 29.4 Å². The maximum atomic E-state index is 12.6. The summed E-state index contributed by atoms with van der Waals surface area (Å²) in [6, 6.07) is -1.73. The first-order valence-electron chi connectivity index (χ1n) is 5.78. The molecule has 0 spiro atoms. The van der Waals surface area contributed by atoms with Crippen LogP contribution in [-0.2, 0) is 9.59 Å². The van der Waals surface area contributed by atoms with Crippen molar-refractivity contribution in [2.45, 2.75) is 12.5 Å². The number of carbonyl (C=O) groups excluding carboxylic acids is 2. The van der Waals surface area contributed by atoms with E-state index in [1.807, 2.05) is 45.2 Å². The molecule has 0 radical (unpaired) electrons. The van der Waals surface area contributed by atoms with Gasteiger partial charge in [-0.3, -0.25) is 19.3 Å². The molecule has 0 aliphatic carbocycles. The molecule has 23 heavy (non-hydrogen) atoms. The van der Waals surface area contributed by atoms with E-state index in [2.05, 4.69) is 45.2 Å². The fourth-order valence-electron chi connectivity index (χ4n) is 2.10. The molecule has 0 fully saturated rings. The van der Waals surface area contributed by atoms with Crippen LogP contribution in [0.2, 0.25) is 0 Å². The van der Waals surface area contributed by atoms with Gasteiger partial charge in [-0.05, 0) is 90.4 Å². The Bertz CT molecular complexity index is 731. The van der Waals surface area contributed by atoms with Crippen LogP contribution in [0.25, 0.3) is 0 Å². The van der Waals surface area contributed by atoms with Gasteiger partial charge in [0.05, 0.1) is 17.5 Å². The van der Waals surface area contributed by atoms with Gasteiger partial charge in [0, 0.05) is 14.3 Å². The SMILES string of the molecule is O=C(O)CC(C(=O)O)N1C(=O)c2c(I)c(I)c(I)c(I)c2C1=O. The molecule has 1 aromatic carbocycles. The smallest absolute Gasteiger partial charge is 0.327 e. The Balaban J connectivity index is 2.66. The van der Waals surface area contributed by atoms with Gasteiger partial charge < -0.3 is 10.2 Å². The third kappa shape index (κ3) is 3.33. The van der Waals surface area contributed by atoms with Gasteiger partial charge in [0.15, 0.2) is 0 Å². The second-order valence-corrected chi connectivity index (χ2v) is 8.75. The average molecular weight is 767 g/mol. The Kier molecular flexibility index (Phi) is 6.14. The quantitative estimate of drug-likeness (QED) is 0.211. The minimum atomic E-state index is -1.73. The number of hydrogen-bond acceptors (Lipinski definition) is 4. The Labute approximate surface area is 184 Å². The Morgan fingerprint density at radius 1 is 0.870 bits per heavy atom. The summed E-state index contributed by atoms with van der Waals surface area (Å²) < 4.78 is 2.70. The van der Waals surface area contributed by atoms with Crippen LogP contribution in [-0.4, -0.2) is 44.9 Å². The maximum Gasteiger partial charge on any atom is 0.327 e. The highest BCUT2D eigenvalue weighted by atomic mass is 127. The highest BCUT2D eigenvalue weighted by Gasteiger charge is 2.46. The third-order valence-electron chi connectivity index (χ3n) is 3.10. The summed E-state index contributed by atoms with van der Waals surface area (Å²) in [7, 11) is 0. The van der Waals surface area contributed by atoms with Crippen LogP contribution >= 0.6 is 90.4 Å². The number of rotatable bonds is 4. The first-order chi connectivity index (χ1) is 10.6. The molecule has 0 saturated heterocycles. The van der Waals surface area contributed by atoms with Crippen LogP contribution in [0.15, 0.2) is 0 Å². The molecule has 0 bridgehead atoms. The van der Waals surface area contributed by atoms with E-state index in [-0.39, 0.29) is 11.1 Å². The number of carboxylic acid groups (broad SMARTS) is 2. The lowest BCUT2D eigenvalue weighted by Gasteiger charge is -2.20. The second kappa shape index (κ2) is 7.22. The Hall–Kier alpha value is 0.220. The number of hydrogen-bond donors (Lipinski definition) is 2. The molecule has 1 aromatic rings. The molecule has 1 aliphatic heterocycles. The number of aliphatic carboxylic acids is 2. The number of halogens is 4. The van der Waals surface area contributed by atoms with Crippen LogP contribution in [0.1, 0.15) is 27.1 Å². The van der Waals surface area contributed by atoms with Gasteiger partial charge in [-0.2, -0.15) is 0 Å². The largest absolute Gasteiger partial charge is 0.481 e. The molecule has 1 atom stereocenters. The number of amides is 2. The minimum absolute atomic E-state index is 0.140. The van der Waals surface area contributed by atoms with Crippen molar-refractivity contribution in [2.24, 2.45) is 0 Å². The van der Waals surface area contributed by atoms with E-state index in [1.54, 1.807) is 0 Å². The number of nitrogens with zero attached hydrogens (tertiary/aromatic N) is 1. The van der Waals surface area contributed by atoms with Gasteiger partial charge in [-0.15, -0.1) is 0 Å². The van der Waals surface area contributed by atoms with E-state index in [0.717, 1.165) is 7.14 Å². The summed E-state index contributed by atoms with van der Waals surface area (Å²) in [4.78, 5) is 48.0. The van der Waals surface area contributed by atoms with Gasteiger partial charge in [-0.25, -0.2) is 4.79 Å². The molecular formula is C12H5I4NO6. The third-order valence-corrected chi connectivity index (χ3v) is 10.5. The highest BCUT2D eigenvalue weighted by molar-refractivity contribution is 14.1. The minimum Gasteiger partial charge on any atom is -0.481 e. The number of carboxylic acids is 2. The van der Waals surface area contributed by atoms with E-state index in [4.69, 9.17) is 5.11 Å². The van der Waals surface area contributed by atoms with Crippen molar-refractivity contribution in [3.8, 4) is 0 Å². The van der Waals surface area contributed by atoms with E-state index in [9.17, 15) is 24.3 Å². The molecule has 122 valence electrons. The van der Waals surface area contributed by atoms with Gasteiger partial charge in [-0.1, -0.05) is 0 Å². The van der Waals surface area contributed by atoms with E-state index < -0.39 is 36.2 Å². The van der Waals surface area contributed by atoms with E-state index in [1.165, 1.54) is 0 Å². The van der Waals surface area contributed by atoms with Crippen LogP contribution in [0.3, 0.4) is 0 Å². The summed E-state index contributed by atoms with van der Waals surface area (Å²) in [6.45, 7) is 0. The summed E-state index contributed by atoms with van der Waals surface area (Å²) in [6.07, 6.45) is -0.845. The van der Waals surface area contributed by atoms with Crippen LogP contribution in [0.4, 0.5) is 0 Å². The standard InChI is InChI=1S/C12H5I4NO6/c13-6-4-5(7(14)9(16)8(6)15)11(21)17(10(4)20)2(12(22)23)1-3(18)19/h2H,1H2,(H,18,19)(H,22,23). The van der Waals surface area contributed by atoms with Crippen LogP contribution in [0, 0.1) is 14.3 Å². The summed E-state index contributed by atoms with van der Waals surface area (Å²) in [5.41, 5.74) is 0.280. The van der Waals surface area contributed by atoms with Gasteiger partial charge in [0.25, 0.3) is 11.8 Å². The number of carbonyl (C=O) groups is 4. The van der Waals surface area contributed by atoms with Crippen molar-refractivity contribution in [1.29, 1.82) is 0 Å². The fraction of sp³-hybridized carbons (Fsp3) is 0.167. The Morgan fingerprint density at radius 3 is 1.57 bits per heavy atom. The molecule has 7 nitrogen and oxygen atoms in total. The van der Waals surface area contributed by atoms with E-state index >= 15 is 0 Å². The first kappa shape index (κ1) is 19.5. The molecule has 2 rings (SSSR count). The van der Waals surface area contributed by atoms with E-state index in [0.29, 0.717) is 12.0 Å². The first-order valence-corrected chi connectivity index (χ1v) is 10.1. The normalized spacial score (nSPS) is 14.9. The molecular weight excluding hydrogens is 762 g/mol. The summed E-state index contributed by atoms with van der Waals surface area (Å²) in [5, 5.41) is 18.1. The maximum absolute atomic E-state index is 12.6. The van der Waals surface area contributed by atoms with Gasteiger partial charge >= 0.3 is 11.9 Å². The highest BCUT2D eigenvalue weighted by Crippen LogP contribution is 2.38. The zero-order valence-electron chi connectivity index (χ0n) is 10.8. The second-order valence-electron chi connectivity index (χ2n) is 4.44. The predicted octanol–water partition coefficient (Wildman–Crippen LogP) is 2.63. The fourth-order valence-corrected chi connectivity index (χ4v) is 5.75. The lowest BCUT2D eigenvalue weighted by atomic mass is 10.1. The predicted molar refractivity (Wildman–Crippen MR) is 111 cm³/mol. The molecule has 2 N–H and O–H groups in total. The van der Waals surface area contributed by atoms with Crippen molar-refractivity contribution in [1.82, 2.24) is 4.90 Å². The van der Waals surface area contributed by atoms with Crippen molar-refractivity contribution in [3.63, 3.8) is 0 Å². The molecule has 2 amide bonds. The molecule has 11 heteroatoms. The monoisotopic (exact) mass is 767 g/mol. The van der Waals surface area contributed by atoms with Crippen molar-refractivity contribution in [3.05, 3.63) is 25.4 Å². The van der Waals surface area contributed by atoms with Crippen LogP contribution in [0.5, 0.6) is 0 Å². The summed E-state index contributed by atoms with van der Waals surface area (Å²) in [5.74, 6) is -4.47. The molecule has 0 saturated carbocycles. The molecule has 0 aromatic heterocycles.